The highest BCUT2D eigenvalue weighted by molar-refractivity contribution is 6.31. The molecule has 0 atom stereocenters. The van der Waals surface area contributed by atoms with E-state index in [1.54, 1.807) is 42.6 Å². The van der Waals surface area contributed by atoms with Crippen molar-refractivity contribution in [3.05, 3.63) is 82.1 Å². The molecule has 0 unspecified atom stereocenters. The van der Waals surface area contributed by atoms with Crippen LogP contribution in [0.5, 0.6) is 5.75 Å². The lowest BCUT2D eigenvalue weighted by molar-refractivity contribution is -0.115. The van der Waals surface area contributed by atoms with Crippen LogP contribution in [0, 0.1) is 0 Å². The quantitative estimate of drug-likeness (QED) is 0.372. The molecule has 0 radical (unpaired) electrons. The molecule has 0 aliphatic rings. The van der Waals surface area contributed by atoms with E-state index in [0.717, 1.165) is 6.42 Å². The van der Waals surface area contributed by atoms with Crippen LogP contribution < -0.4 is 20.9 Å². The first kappa shape index (κ1) is 23.7. The van der Waals surface area contributed by atoms with Gasteiger partial charge in [-0.3, -0.25) is 23.9 Å². The highest BCUT2D eigenvalue weighted by atomic mass is 35.5. The first-order chi connectivity index (χ1) is 16.0. The van der Waals surface area contributed by atoms with E-state index in [9.17, 15) is 14.4 Å². The van der Waals surface area contributed by atoms with E-state index in [2.05, 4.69) is 15.6 Å². The number of amides is 2. The molecule has 0 aliphatic carbocycles. The fourth-order valence-electron chi connectivity index (χ4n) is 3.18. The van der Waals surface area contributed by atoms with Gasteiger partial charge < -0.3 is 15.4 Å². The summed E-state index contributed by atoms with van der Waals surface area (Å²) in [6, 6.07) is 10.1. The Morgan fingerprint density at radius 3 is 2.76 bits per heavy atom. The lowest BCUT2D eigenvalue weighted by atomic mass is 10.0. The number of benzene rings is 1. The van der Waals surface area contributed by atoms with Crippen LogP contribution in [0.15, 0.2) is 66.0 Å². The predicted molar refractivity (Wildman–Crippen MR) is 127 cm³/mol. The maximum Gasteiger partial charge on any atom is 0.263 e. The Bertz CT molecular complexity index is 1240. The van der Waals surface area contributed by atoms with Gasteiger partial charge in [0.25, 0.3) is 11.5 Å². The molecule has 1 aromatic carbocycles. The molecule has 0 bridgehead atoms. The van der Waals surface area contributed by atoms with Crippen LogP contribution in [0.3, 0.4) is 0 Å². The van der Waals surface area contributed by atoms with Crippen LogP contribution in [-0.2, 0) is 9.59 Å². The fraction of sp³-hybridized carbons (Fsp3) is 0.167. The van der Waals surface area contributed by atoms with Crippen LogP contribution in [0.25, 0.3) is 22.4 Å². The highest BCUT2D eigenvalue weighted by Gasteiger charge is 2.18. The normalized spacial score (nSPS) is 11.1. The number of hydrogen-bond acceptors (Lipinski definition) is 5. The number of pyridine rings is 2. The summed E-state index contributed by atoms with van der Waals surface area (Å²) in [5.74, 6) is 0.0894. The summed E-state index contributed by atoms with van der Waals surface area (Å²) in [4.78, 5) is 41.0. The zero-order chi connectivity index (χ0) is 23.8. The lowest BCUT2D eigenvalue weighted by Gasteiger charge is -2.15. The van der Waals surface area contributed by atoms with Gasteiger partial charge in [0.1, 0.15) is 5.75 Å². The number of hydrogen-bond donors (Lipinski definition) is 2. The van der Waals surface area contributed by atoms with Gasteiger partial charge in [-0.05, 0) is 48.4 Å². The molecule has 2 aromatic heterocycles. The number of ether oxygens (including phenoxy) is 1. The van der Waals surface area contributed by atoms with Crippen LogP contribution in [0.4, 0.5) is 0 Å². The molecule has 0 fully saturated rings. The largest absolute Gasteiger partial charge is 0.494 e. The van der Waals surface area contributed by atoms with Gasteiger partial charge in [0.2, 0.25) is 6.41 Å². The summed E-state index contributed by atoms with van der Waals surface area (Å²) >= 11 is 6.31. The summed E-state index contributed by atoms with van der Waals surface area (Å²) in [6.45, 7) is 2.49. The molecule has 0 spiro atoms. The van der Waals surface area contributed by atoms with Gasteiger partial charge in [-0.15, -0.1) is 0 Å². The third-order valence-corrected chi connectivity index (χ3v) is 4.89. The van der Waals surface area contributed by atoms with Crippen molar-refractivity contribution in [3.8, 4) is 22.6 Å². The molecular formula is C24H23ClN4O4. The van der Waals surface area contributed by atoms with Crippen molar-refractivity contribution in [2.75, 3.05) is 13.7 Å². The minimum absolute atomic E-state index is 0.160. The number of halogens is 1. The van der Waals surface area contributed by atoms with E-state index in [-0.39, 0.29) is 11.1 Å². The van der Waals surface area contributed by atoms with Crippen molar-refractivity contribution in [2.45, 2.75) is 13.3 Å². The number of carbonyl (C=O) groups excluding carboxylic acids is 2. The third-order valence-electron chi connectivity index (χ3n) is 4.67. The number of aromatic nitrogens is 2. The van der Waals surface area contributed by atoms with Crippen molar-refractivity contribution in [2.24, 2.45) is 0 Å². The van der Waals surface area contributed by atoms with Crippen molar-refractivity contribution >= 4 is 29.5 Å². The summed E-state index contributed by atoms with van der Waals surface area (Å²) < 4.78 is 7.10. The van der Waals surface area contributed by atoms with E-state index in [0.29, 0.717) is 46.2 Å². The van der Waals surface area contributed by atoms with E-state index in [1.807, 2.05) is 6.92 Å². The Balaban J connectivity index is 2.29. The molecule has 3 rings (SSSR count). The Kier molecular flexibility index (Phi) is 7.99. The maximum atomic E-state index is 13.5. The zero-order valence-corrected chi connectivity index (χ0v) is 18.9. The minimum atomic E-state index is -0.440. The predicted octanol–water partition coefficient (Wildman–Crippen LogP) is 3.17. The van der Waals surface area contributed by atoms with Gasteiger partial charge in [0.15, 0.2) is 0 Å². The molecule has 0 aliphatic heterocycles. The molecular weight excluding hydrogens is 444 g/mol. The van der Waals surface area contributed by atoms with Crippen LogP contribution in [-0.4, -0.2) is 35.5 Å². The average molecular weight is 467 g/mol. The lowest BCUT2D eigenvalue weighted by Crippen LogP contribution is -2.24. The first-order valence-corrected chi connectivity index (χ1v) is 10.6. The Hall–Kier alpha value is -3.91. The second kappa shape index (κ2) is 11.1. The molecule has 2 heterocycles. The summed E-state index contributed by atoms with van der Waals surface area (Å²) in [6.07, 6.45) is 7.20. The average Bonchev–Trinajstić information content (AvgIpc) is 2.83. The third kappa shape index (κ3) is 5.67. The van der Waals surface area contributed by atoms with Gasteiger partial charge in [-0.2, -0.15) is 0 Å². The van der Waals surface area contributed by atoms with Gasteiger partial charge in [0, 0.05) is 41.8 Å². The van der Waals surface area contributed by atoms with Crippen LogP contribution in [0.2, 0.25) is 5.02 Å². The topological polar surface area (TPSA) is 102 Å². The number of carbonyl (C=O) groups is 2. The Morgan fingerprint density at radius 2 is 2.09 bits per heavy atom. The monoisotopic (exact) mass is 466 g/mol. The number of nitrogens with zero attached hydrogens (tertiary/aromatic N) is 2. The van der Waals surface area contributed by atoms with Gasteiger partial charge in [-0.1, -0.05) is 18.5 Å². The van der Waals surface area contributed by atoms with Crippen molar-refractivity contribution < 1.29 is 14.3 Å². The van der Waals surface area contributed by atoms with E-state index in [1.165, 1.54) is 30.2 Å². The number of rotatable bonds is 9. The van der Waals surface area contributed by atoms with Crippen molar-refractivity contribution in [1.29, 1.82) is 0 Å². The molecule has 170 valence electrons. The van der Waals surface area contributed by atoms with Gasteiger partial charge >= 0.3 is 0 Å². The molecule has 8 nitrogen and oxygen atoms in total. The smallest absolute Gasteiger partial charge is 0.263 e. The number of nitrogens with one attached hydrogen (secondary N) is 2. The summed E-state index contributed by atoms with van der Waals surface area (Å²) in [5.41, 5.74) is 1.55. The second-order valence-electron chi connectivity index (χ2n) is 6.97. The maximum absolute atomic E-state index is 13.5. The molecule has 3 aromatic rings. The Morgan fingerprint density at radius 1 is 1.27 bits per heavy atom. The van der Waals surface area contributed by atoms with Crippen LogP contribution in [0.1, 0.15) is 18.9 Å². The number of likely N-dealkylation sites (N-methyl/N-ethyl adjacent to an activating group) is 1. The van der Waals surface area contributed by atoms with Crippen molar-refractivity contribution in [3.63, 3.8) is 0 Å². The molecule has 33 heavy (non-hydrogen) atoms. The fourth-order valence-corrected chi connectivity index (χ4v) is 3.40. The van der Waals surface area contributed by atoms with Gasteiger partial charge in [-0.25, -0.2) is 0 Å². The summed E-state index contributed by atoms with van der Waals surface area (Å²) in [5, 5.41) is 5.34. The molecule has 9 heteroatoms. The van der Waals surface area contributed by atoms with E-state index < -0.39 is 5.91 Å². The Labute approximate surface area is 195 Å². The minimum Gasteiger partial charge on any atom is -0.494 e. The van der Waals surface area contributed by atoms with Crippen molar-refractivity contribution in [1.82, 2.24) is 20.2 Å². The van der Waals surface area contributed by atoms with Gasteiger partial charge in [0.05, 0.1) is 24.1 Å². The molecule has 2 N–H and O–H groups in total. The SMILES string of the molecule is CCCOc1cc(Cl)cc(-c2cc(/C(=C/NC=O)C(=O)NC)cn(-c3cccnc3)c2=O)c1. The summed E-state index contributed by atoms with van der Waals surface area (Å²) in [7, 11) is 1.48. The van der Waals surface area contributed by atoms with Crippen LogP contribution >= 0.6 is 11.6 Å². The molecule has 2 amide bonds. The standard InChI is InChI=1S/C24H23ClN4O4/c1-3-7-33-20-9-16(8-18(25)11-20)21-10-17(22(13-28-15-30)23(31)26-2)14-29(24(21)32)19-5-4-6-27-12-19/h4-6,8-15H,3,7H2,1-2H3,(H,26,31)(H,28,30)/b22-13-. The highest BCUT2D eigenvalue weighted by Crippen LogP contribution is 2.29. The van der Waals surface area contributed by atoms with E-state index in [4.69, 9.17) is 16.3 Å². The van der Waals surface area contributed by atoms with E-state index >= 15 is 0 Å². The molecule has 0 saturated heterocycles. The molecule has 0 saturated carbocycles. The zero-order valence-electron chi connectivity index (χ0n) is 18.2. The first-order valence-electron chi connectivity index (χ1n) is 10.2. The second-order valence-corrected chi connectivity index (χ2v) is 7.41.